The highest BCUT2D eigenvalue weighted by atomic mass is 31.2. The standard InChI is InChI=1S/C31H61N2O7P/c1-3-5-7-9-11-12-13-14-15-17-19-21-23-30(35)29(27-40-41(37,38)39-25-24-32)33-31(36)26-28(34)22-20-18-16-10-8-6-4-2/h18,20-21,23,28-30,34-35H,3-17,19,22,24-27,32H2,1-2H3,(H,33,36)(H,37,38)/b20-18-,23-21+. The fourth-order valence-corrected chi connectivity index (χ4v) is 5.11. The molecule has 0 saturated heterocycles. The maximum Gasteiger partial charge on any atom is 0.472 e. The molecule has 0 aromatic rings. The number of aliphatic hydroxyl groups excluding tert-OH is 2. The quantitative estimate of drug-likeness (QED) is 0.0371. The second-order valence-corrected chi connectivity index (χ2v) is 12.3. The largest absolute Gasteiger partial charge is 0.472 e. The van der Waals surface area contributed by atoms with Crippen LogP contribution in [0.25, 0.3) is 0 Å². The molecular formula is C31H61N2O7P. The van der Waals surface area contributed by atoms with Gasteiger partial charge in [-0.25, -0.2) is 4.57 Å². The van der Waals surface area contributed by atoms with Gasteiger partial charge < -0.3 is 26.2 Å². The average Bonchev–Trinajstić information content (AvgIpc) is 2.94. The van der Waals surface area contributed by atoms with Crippen molar-refractivity contribution in [3.63, 3.8) is 0 Å². The van der Waals surface area contributed by atoms with Gasteiger partial charge in [-0.3, -0.25) is 13.8 Å². The zero-order chi connectivity index (χ0) is 30.6. The second kappa shape index (κ2) is 27.8. The van der Waals surface area contributed by atoms with Crippen LogP contribution in [0.5, 0.6) is 0 Å². The number of phosphoric acid groups is 1. The van der Waals surface area contributed by atoms with Crippen LogP contribution in [0.3, 0.4) is 0 Å². The summed E-state index contributed by atoms with van der Waals surface area (Å²) in [4.78, 5) is 22.4. The number of rotatable bonds is 29. The van der Waals surface area contributed by atoms with Crippen LogP contribution in [-0.2, 0) is 18.4 Å². The topological polar surface area (TPSA) is 151 Å². The minimum absolute atomic E-state index is 0.0451. The van der Waals surface area contributed by atoms with Gasteiger partial charge in [0.2, 0.25) is 5.91 Å². The molecule has 0 fully saturated rings. The van der Waals surface area contributed by atoms with Crippen molar-refractivity contribution < 1.29 is 33.5 Å². The molecule has 4 atom stereocenters. The number of amides is 1. The number of hydrogen-bond acceptors (Lipinski definition) is 7. The smallest absolute Gasteiger partial charge is 0.392 e. The molecule has 0 aliphatic heterocycles. The molecule has 0 radical (unpaired) electrons. The highest BCUT2D eigenvalue weighted by Crippen LogP contribution is 2.43. The summed E-state index contributed by atoms with van der Waals surface area (Å²) in [5.74, 6) is -0.486. The Bertz CT molecular complexity index is 721. The Morgan fingerprint density at radius 3 is 1.95 bits per heavy atom. The van der Waals surface area contributed by atoms with E-state index in [9.17, 15) is 24.5 Å². The van der Waals surface area contributed by atoms with E-state index in [2.05, 4.69) is 19.2 Å². The van der Waals surface area contributed by atoms with Crippen molar-refractivity contribution in [2.75, 3.05) is 19.8 Å². The predicted octanol–water partition coefficient (Wildman–Crippen LogP) is 6.46. The Balaban J connectivity index is 4.63. The first-order valence-corrected chi connectivity index (χ1v) is 17.5. The van der Waals surface area contributed by atoms with E-state index in [4.69, 9.17) is 14.8 Å². The lowest BCUT2D eigenvalue weighted by molar-refractivity contribution is -0.124. The number of nitrogens with two attached hydrogens (primary N) is 1. The van der Waals surface area contributed by atoms with Gasteiger partial charge in [-0.2, -0.15) is 0 Å². The lowest BCUT2D eigenvalue weighted by atomic mass is 10.1. The molecule has 0 rings (SSSR count). The molecule has 0 saturated carbocycles. The minimum Gasteiger partial charge on any atom is -0.392 e. The van der Waals surface area contributed by atoms with Gasteiger partial charge in [0.05, 0.1) is 37.9 Å². The van der Waals surface area contributed by atoms with Gasteiger partial charge >= 0.3 is 7.82 Å². The lowest BCUT2D eigenvalue weighted by Gasteiger charge is -2.23. The number of hydrogen-bond donors (Lipinski definition) is 5. The molecule has 0 aliphatic carbocycles. The van der Waals surface area contributed by atoms with E-state index in [0.717, 1.165) is 32.1 Å². The first kappa shape index (κ1) is 39.9. The van der Waals surface area contributed by atoms with Crippen molar-refractivity contribution in [3.05, 3.63) is 24.3 Å². The van der Waals surface area contributed by atoms with Crippen LogP contribution in [0.4, 0.5) is 0 Å². The summed E-state index contributed by atoms with van der Waals surface area (Å²) in [5.41, 5.74) is 5.31. The van der Waals surface area contributed by atoms with E-state index < -0.39 is 38.6 Å². The van der Waals surface area contributed by atoms with Crippen LogP contribution in [0.1, 0.15) is 129 Å². The van der Waals surface area contributed by atoms with Crippen molar-refractivity contribution in [2.24, 2.45) is 5.73 Å². The van der Waals surface area contributed by atoms with E-state index in [1.165, 1.54) is 70.6 Å². The van der Waals surface area contributed by atoms with Crippen molar-refractivity contribution in [2.45, 2.75) is 148 Å². The first-order valence-electron chi connectivity index (χ1n) is 16.0. The molecule has 242 valence electrons. The SMILES string of the molecule is CCCCCC/C=C\CC(O)CC(=O)NC(COP(=O)(O)OCCN)C(O)/C=C/CCCCCCCCCCCC. The fourth-order valence-electron chi connectivity index (χ4n) is 4.35. The minimum atomic E-state index is -4.39. The Labute approximate surface area is 250 Å². The third-order valence-corrected chi connectivity index (χ3v) is 7.81. The molecule has 0 spiro atoms. The van der Waals surface area contributed by atoms with Crippen LogP contribution in [-0.4, -0.2) is 59.0 Å². The molecule has 9 nitrogen and oxygen atoms in total. The number of aliphatic hydroxyl groups is 2. The molecule has 0 aromatic heterocycles. The Hall–Kier alpha value is -1.06. The van der Waals surface area contributed by atoms with E-state index >= 15 is 0 Å². The van der Waals surface area contributed by atoms with Gasteiger partial charge in [0.15, 0.2) is 0 Å². The van der Waals surface area contributed by atoms with Crippen LogP contribution >= 0.6 is 7.82 Å². The lowest BCUT2D eigenvalue weighted by Crippen LogP contribution is -2.46. The molecule has 0 aliphatic rings. The fraction of sp³-hybridized carbons (Fsp3) is 0.839. The summed E-state index contributed by atoms with van der Waals surface area (Å²) in [6.07, 6.45) is 24.4. The van der Waals surface area contributed by atoms with E-state index in [-0.39, 0.29) is 19.6 Å². The summed E-state index contributed by atoms with van der Waals surface area (Å²) in [6, 6.07) is -0.991. The van der Waals surface area contributed by atoms with Gasteiger partial charge in [-0.1, -0.05) is 115 Å². The molecule has 10 heteroatoms. The van der Waals surface area contributed by atoms with Crippen molar-refractivity contribution >= 4 is 13.7 Å². The van der Waals surface area contributed by atoms with Gasteiger partial charge in [0.25, 0.3) is 0 Å². The summed E-state index contributed by atoms with van der Waals surface area (Å²) in [5, 5.41) is 23.6. The number of nitrogens with one attached hydrogen (secondary N) is 1. The highest BCUT2D eigenvalue weighted by Gasteiger charge is 2.27. The first-order chi connectivity index (χ1) is 19.8. The summed E-state index contributed by atoms with van der Waals surface area (Å²) >= 11 is 0. The zero-order valence-corrected chi connectivity index (χ0v) is 26.8. The Kier molecular flexibility index (Phi) is 27.0. The average molecular weight is 605 g/mol. The number of carbonyl (C=O) groups is 1. The Morgan fingerprint density at radius 2 is 1.37 bits per heavy atom. The van der Waals surface area contributed by atoms with Crippen molar-refractivity contribution in [1.29, 1.82) is 0 Å². The molecule has 1 amide bonds. The normalized spacial score (nSPS) is 15.8. The summed E-state index contributed by atoms with van der Waals surface area (Å²) < 4.78 is 21.8. The molecular weight excluding hydrogens is 543 g/mol. The van der Waals surface area contributed by atoms with Crippen molar-refractivity contribution in [3.8, 4) is 0 Å². The maximum atomic E-state index is 12.6. The summed E-state index contributed by atoms with van der Waals surface area (Å²) in [6.45, 7) is 3.84. The molecule has 4 unspecified atom stereocenters. The molecule has 0 bridgehead atoms. The van der Waals surface area contributed by atoms with Crippen LogP contribution in [0, 0.1) is 0 Å². The maximum absolute atomic E-state index is 12.6. The van der Waals surface area contributed by atoms with E-state index in [1.807, 2.05) is 18.2 Å². The molecule has 6 N–H and O–H groups in total. The second-order valence-electron chi connectivity index (χ2n) is 10.9. The number of unbranched alkanes of at least 4 members (excludes halogenated alkanes) is 14. The number of allylic oxidation sites excluding steroid dienone is 2. The Morgan fingerprint density at radius 1 is 0.829 bits per heavy atom. The summed E-state index contributed by atoms with van der Waals surface area (Å²) in [7, 11) is -4.39. The van der Waals surface area contributed by atoms with Gasteiger partial charge in [0.1, 0.15) is 0 Å². The van der Waals surface area contributed by atoms with Crippen molar-refractivity contribution in [1.82, 2.24) is 5.32 Å². The predicted molar refractivity (Wildman–Crippen MR) is 167 cm³/mol. The zero-order valence-electron chi connectivity index (χ0n) is 25.9. The van der Waals surface area contributed by atoms with Gasteiger partial charge in [-0.15, -0.1) is 0 Å². The molecule has 41 heavy (non-hydrogen) atoms. The third kappa shape index (κ3) is 26.3. The van der Waals surface area contributed by atoms with E-state index in [0.29, 0.717) is 6.42 Å². The van der Waals surface area contributed by atoms with Gasteiger partial charge in [-0.05, 0) is 32.1 Å². The van der Waals surface area contributed by atoms with E-state index in [1.54, 1.807) is 6.08 Å². The highest BCUT2D eigenvalue weighted by molar-refractivity contribution is 7.47. The molecule has 0 heterocycles. The van der Waals surface area contributed by atoms with Crippen LogP contribution < -0.4 is 11.1 Å². The van der Waals surface area contributed by atoms with Crippen LogP contribution in [0.2, 0.25) is 0 Å². The van der Waals surface area contributed by atoms with Crippen LogP contribution in [0.15, 0.2) is 24.3 Å². The number of phosphoric ester groups is 1. The monoisotopic (exact) mass is 604 g/mol. The molecule has 0 aromatic carbocycles. The number of carbonyl (C=O) groups excluding carboxylic acids is 1. The third-order valence-electron chi connectivity index (χ3n) is 6.83. The van der Waals surface area contributed by atoms with Gasteiger partial charge in [0, 0.05) is 6.54 Å².